The lowest BCUT2D eigenvalue weighted by molar-refractivity contribution is 0.0853. The van der Waals surface area contributed by atoms with Gasteiger partial charge < -0.3 is 10.5 Å². The zero-order chi connectivity index (χ0) is 11.7. The Labute approximate surface area is 103 Å². The minimum absolute atomic E-state index is 0.328. The number of ether oxygens (including phenoxy) is 1. The van der Waals surface area contributed by atoms with Crippen molar-refractivity contribution in [3.8, 4) is 0 Å². The van der Waals surface area contributed by atoms with Crippen LogP contribution in [0.15, 0.2) is 24.3 Å². The number of benzene rings is 1. The van der Waals surface area contributed by atoms with Gasteiger partial charge in [-0.15, -0.1) is 0 Å². The Morgan fingerprint density at radius 3 is 2.29 bits per heavy atom. The minimum Gasteiger partial charge on any atom is -0.381 e. The molecule has 1 heterocycles. The Hall–Kier alpha value is -0.860. The van der Waals surface area contributed by atoms with Crippen molar-refractivity contribution in [2.24, 2.45) is 5.73 Å². The molecule has 0 amide bonds. The highest BCUT2D eigenvalue weighted by atomic mass is 16.5. The first-order chi connectivity index (χ1) is 8.34. The maximum atomic E-state index is 5.87. The zero-order valence-electron chi connectivity index (χ0n) is 10.3. The van der Waals surface area contributed by atoms with Crippen molar-refractivity contribution in [3.05, 3.63) is 35.4 Å². The lowest BCUT2D eigenvalue weighted by Crippen LogP contribution is -2.20. The van der Waals surface area contributed by atoms with Gasteiger partial charge in [-0.25, -0.2) is 0 Å². The zero-order valence-corrected chi connectivity index (χ0v) is 10.3. The maximum Gasteiger partial charge on any atom is 0.0471 e. The molecular weight excluding hydrogens is 210 g/mol. The lowest BCUT2D eigenvalue weighted by Gasteiger charge is -2.23. The lowest BCUT2D eigenvalue weighted by atomic mass is 9.88. The molecule has 0 aromatic heterocycles. The molecule has 0 radical (unpaired) electrons. The number of hydrogen-bond donors (Lipinski definition) is 1. The van der Waals surface area contributed by atoms with Crippen LogP contribution in [0.3, 0.4) is 0 Å². The molecule has 1 aliphatic heterocycles. The fourth-order valence-corrected chi connectivity index (χ4v) is 2.90. The molecule has 1 aromatic carbocycles. The van der Waals surface area contributed by atoms with Gasteiger partial charge in [0, 0.05) is 25.2 Å². The molecule has 1 aromatic rings. The highest BCUT2D eigenvalue weighted by molar-refractivity contribution is 5.35. The Bertz CT molecular complexity index is 374. The molecule has 1 saturated carbocycles. The van der Waals surface area contributed by atoms with E-state index in [0.717, 1.165) is 19.8 Å². The molecule has 1 saturated heterocycles. The summed E-state index contributed by atoms with van der Waals surface area (Å²) in [4.78, 5) is 0. The fraction of sp³-hybridized carbons (Fsp3) is 0.600. The van der Waals surface area contributed by atoms with Gasteiger partial charge in [0.25, 0.3) is 0 Å². The van der Waals surface area contributed by atoms with E-state index in [9.17, 15) is 0 Å². The van der Waals surface area contributed by atoms with Crippen LogP contribution in [0.1, 0.15) is 42.7 Å². The highest BCUT2D eigenvalue weighted by Gasteiger charge is 2.42. The summed E-state index contributed by atoms with van der Waals surface area (Å²) in [5.41, 5.74) is 9.11. The van der Waals surface area contributed by atoms with Crippen LogP contribution in [0.4, 0.5) is 0 Å². The van der Waals surface area contributed by atoms with Crippen molar-refractivity contribution in [2.75, 3.05) is 19.8 Å². The van der Waals surface area contributed by atoms with Gasteiger partial charge in [0.2, 0.25) is 0 Å². The molecule has 3 rings (SSSR count). The van der Waals surface area contributed by atoms with Crippen LogP contribution >= 0.6 is 0 Å². The second-order valence-electron chi connectivity index (χ2n) is 5.49. The third-order valence-electron chi connectivity index (χ3n) is 4.46. The van der Waals surface area contributed by atoms with E-state index in [1.54, 1.807) is 0 Å². The second-order valence-corrected chi connectivity index (χ2v) is 5.49. The monoisotopic (exact) mass is 231 g/mol. The third kappa shape index (κ3) is 2.12. The predicted molar refractivity (Wildman–Crippen MR) is 69.2 cm³/mol. The fourth-order valence-electron chi connectivity index (χ4n) is 2.90. The van der Waals surface area contributed by atoms with Gasteiger partial charge in [-0.1, -0.05) is 24.3 Å². The van der Waals surface area contributed by atoms with Crippen LogP contribution in [0.25, 0.3) is 0 Å². The highest BCUT2D eigenvalue weighted by Crippen LogP contribution is 2.47. The molecule has 0 atom stereocenters. The maximum absolute atomic E-state index is 5.87. The number of nitrogens with two attached hydrogens (primary N) is 1. The van der Waals surface area contributed by atoms with Crippen molar-refractivity contribution < 1.29 is 4.74 Å². The molecular formula is C15H21NO. The Morgan fingerprint density at radius 1 is 1.12 bits per heavy atom. The number of hydrogen-bond acceptors (Lipinski definition) is 2. The van der Waals surface area contributed by atoms with Crippen LogP contribution in [0.2, 0.25) is 0 Å². The molecule has 2 N–H and O–H groups in total. The van der Waals surface area contributed by atoms with Crippen LogP contribution in [-0.2, 0) is 10.2 Å². The largest absolute Gasteiger partial charge is 0.381 e. The molecule has 17 heavy (non-hydrogen) atoms. The van der Waals surface area contributed by atoms with Crippen LogP contribution < -0.4 is 5.73 Å². The average Bonchev–Trinajstić information content (AvgIpc) is 3.21. The van der Waals surface area contributed by atoms with Crippen molar-refractivity contribution in [1.82, 2.24) is 0 Å². The van der Waals surface area contributed by atoms with Gasteiger partial charge in [-0.3, -0.25) is 0 Å². The Balaban J connectivity index is 1.75. The van der Waals surface area contributed by atoms with E-state index in [-0.39, 0.29) is 0 Å². The molecule has 2 heteroatoms. The molecule has 1 aliphatic carbocycles. The smallest absolute Gasteiger partial charge is 0.0471 e. The van der Waals surface area contributed by atoms with Crippen molar-refractivity contribution >= 4 is 0 Å². The SMILES string of the molecule is NCC1(c2ccc(C3CCOCC3)cc2)CC1. The van der Waals surface area contributed by atoms with E-state index >= 15 is 0 Å². The second kappa shape index (κ2) is 4.43. The van der Waals surface area contributed by atoms with Crippen LogP contribution in [-0.4, -0.2) is 19.8 Å². The summed E-state index contributed by atoms with van der Waals surface area (Å²) in [5, 5.41) is 0. The summed E-state index contributed by atoms with van der Waals surface area (Å²) in [5.74, 6) is 0.700. The Kier molecular flexibility index (Phi) is 2.93. The Morgan fingerprint density at radius 2 is 1.76 bits per heavy atom. The van der Waals surface area contributed by atoms with Gasteiger partial charge in [0.1, 0.15) is 0 Å². The van der Waals surface area contributed by atoms with E-state index in [4.69, 9.17) is 10.5 Å². The standard InChI is InChI=1S/C15H21NO/c16-11-15(7-8-15)14-3-1-12(2-4-14)13-5-9-17-10-6-13/h1-4,13H,5-11,16H2. The van der Waals surface area contributed by atoms with Crippen LogP contribution in [0, 0.1) is 0 Å². The third-order valence-corrected chi connectivity index (χ3v) is 4.46. The van der Waals surface area contributed by atoms with E-state index in [0.29, 0.717) is 11.3 Å². The van der Waals surface area contributed by atoms with E-state index in [1.165, 1.54) is 36.8 Å². The summed E-state index contributed by atoms with van der Waals surface area (Å²) >= 11 is 0. The first-order valence-electron chi connectivity index (χ1n) is 6.72. The van der Waals surface area contributed by atoms with Gasteiger partial charge in [0.05, 0.1) is 0 Å². The average molecular weight is 231 g/mol. The van der Waals surface area contributed by atoms with Gasteiger partial charge >= 0.3 is 0 Å². The molecule has 92 valence electrons. The first-order valence-corrected chi connectivity index (χ1v) is 6.72. The van der Waals surface area contributed by atoms with E-state index < -0.39 is 0 Å². The summed E-state index contributed by atoms with van der Waals surface area (Å²) in [6.45, 7) is 2.63. The molecule has 0 unspecified atom stereocenters. The number of rotatable bonds is 3. The molecule has 2 aliphatic rings. The van der Waals surface area contributed by atoms with Gasteiger partial charge in [-0.2, -0.15) is 0 Å². The van der Waals surface area contributed by atoms with E-state index in [2.05, 4.69) is 24.3 Å². The van der Waals surface area contributed by atoms with E-state index in [1.807, 2.05) is 0 Å². The van der Waals surface area contributed by atoms with Crippen molar-refractivity contribution in [1.29, 1.82) is 0 Å². The minimum atomic E-state index is 0.328. The van der Waals surface area contributed by atoms with Crippen molar-refractivity contribution in [3.63, 3.8) is 0 Å². The van der Waals surface area contributed by atoms with Crippen LogP contribution in [0.5, 0.6) is 0 Å². The van der Waals surface area contributed by atoms with Gasteiger partial charge in [0.15, 0.2) is 0 Å². The first kappa shape index (κ1) is 11.2. The quantitative estimate of drug-likeness (QED) is 0.867. The molecule has 0 bridgehead atoms. The summed E-state index contributed by atoms with van der Waals surface area (Å²) in [6.07, 6.45) is 4.86. The molecule has 2 fully saturated rings. The predicted octanol–water partition coefficient (Wildman–Crippen LogP) is 2.57. The summed E-state index contributed by atoms with van der Waals surface area (Å²) < 4.78 is 5.41. The van der Waals surface area contributed by atoms with Crippen molar-refractivity contribution in [2.45, 2.75) is 37.0 Å². The van der Waals surface area contributed by atoms with Gasteiger partial charge in [-0.05, 0) is 42.7 Å². The topological polar surface area (TPSA) is 35.2 Å². The summed E-state index contributed by atoms with van der Waals surface area (Å²) in [7, 11) is 0. The summed E-state index contributed by atoms with van der Waals surface area (Å²) in [6, 6.07) is 9.21. The molecule has 0 spiro atoms. The molecule has 2 nitrogen and oxygen atoms in total. The normalized spacial score (nSPS) is 23.6.